The lowest BCUT2D eigenvalue weighted by molar-refractivity contribution is -0.153. The molecule has 0 aliphatic heterocycles. The number of hydrogen-bond donors (Lipinski definition) is 1. The summed E-state index contributed by atoms with van der Waals surface area (Å²) in [7, 11) is 0. The Morgan fingerprint density at radius 1 is 1.05 bits per heavy atom. The van der Waals surface area contributed by atoms with Crippen LogP contribution in [-0.4, -0.2) is 18.1 Å². The zero-order chi connectivity index (χ0) is 16.2. The molecule has 0 saturated carbocycles. The molecule has 116 valence electrons. The van der Waals surface area contributed by atoms with Crippen LogP contribution in [0, 0.1) is 0 Å². The molecular weight excluding hydrogens is 315 g/mol. The molecule has 0 saturated heterocycles. The molecule has 0 fully saturated rings. The highest BCUT2D eigenvalue weighted by atomic mass is 35.5. The molecule has 1 amide bonds. The molecule has 1 unspecified atom stereocenters. The van der Waals surface area contributed by atoms with E-state index in [0.29, 0.717) is 10.6 Å². The lowest BCUT2D eigenvalue weighted by Crippen LogP contribution is -2.46. The molecule has 0 aliphatic carbocycles. The fraction of sp³-hybridized carbons (Fsp3) is 0.188. The Morgan fingerprint density at radius 2 is 1.64 bits per heavy atom. The van der Waals surface area contributed by atoms with Gasteiger partial charge in [0.15, 0.2) is 0 Å². The molecule has 2 nitrogen and oxygen atoms in total. The van der Waals surface area contributed by atoms with Gasteiger partial charge in [-0.25, -0.2) is 0 Å². The zero-order valence-electron chi connectivity index (χ0n) is 11.4. The summed E-state index contributed by atoms with van der Waals surface area (Å²) in [5, 5.41) is 2.44. The Hall–Kier alpha value is -2.01. The van der Waals surface area contributed by atoms with Crippen molar-refractivity contribution in [1.82, 2.24) is 5.32 Å². The minimum Gasteiger partial charge on any atom is -0.340 e. The maximum absolute atomic E-state index is 13.1. The van der Waals surface area contributed by atoms with Crippen molar-refractivity contribution in [3.8, 4) is 0 Å². The van der Waals surface area contributed by atoms with Crippen LogP contribution in [-0.2, 0) is 6.42 Å². The van der Waals surface area contributed by atoms with Gasteiger partial charge in [-0.05, 0) is 29.8 Å². The SMILES string of the molecule is O=C(NC(Cc1ccccc1)C(F)(F)F)c1ccc(Cl)cc1. The lowest BCUT2D eigenvalue weighted by atomic mass is 10.0. The molecule has 2 aromatic carbocycles. The number of carbonyl (C=O) groups is 1. The molecule has 1 atom stereocenters. The molecule has 2 aromatic rings. The number of alkyl halides is 3. The molecule has 0 radical (unpaired) electrons. The minimum atomic E-state index is -4.53. The van der Waals surface area contributed by atoms with Crippen LogP contribution in [0.3, 0.4) is 0 Å². The van der Waals surface area contributed by atoms with E-state index >= 15 is 0 Å². The first-order valence-electron chi connectivity index (χ1n) is 6.53. The fourth-order valence-electron chi connectivity index (χ4n) is 1.94. The summed E-state index contributed by atoms with van der Waals surface area (Å²) < 4.78 is 39.3. The van der Waals surface area contributed by atoms with E-state index in [0.717, 1.165) is 0 Å². The summed E-state index contributed by atoms with van der Waals surface area (Å²) in [4.78, 5) is 11.9. The average Bonchev–Trinajstić information content (AvgIpc) is 2.47. The van der Waals surface area contributed by atoms with Crippen LogP contribution in [0.2, 0.25) is 5.02 Å². The molecule has 0 bridgehead atoms. The third kappa shape index (κ3) is 4.49. The summed E-state index contributed by atoms with van der Waals surface area (Å²) >= 11 is 5.69. The molecule has 0 aliphatic rings. The van der Waals surface area contributed by atoms with Crippen LogP contribution in [0.15, 0.2) is 54.6 Å². The number of rotatable bonds is 4. The Balaban J connectivity index is 2.13. The van der Waals surface area contributed by atoms with E-state index in [9.17, 15) is 18.0 Å². The smallest absolute Gasteiger partial charge is 0.340 e. The van der Waals surface area contributed by atoms with Gasteiger partial charge in [0, 0.05) is 17.0 Å². The Bertz CT molecular complexity index is 626. The van der Waals surface area contributed by atoms with E-state index in [2.05, 4.69) is 0 Å². The number of benzene rings is 2. The van der Waals surface area contributed by atoms with Crippen molar-refractivity contribution in [1.29, 1.82) is 0 Å². The van der Waals surface area contributed by atoms with E-state index in [4.69, 9.17) is 11.6 Å². The van der Waals surface area contributed by atoms with Crippen LogP contribution in [0.1, 0.15) is 15.9 Å². The van der Waals surface area contributed by atoms with E-state index in [1.165, 1.54) is 24.3 Å². The van der Waals surface area contributed by atoms with Crippen LogP contribution in [0.25, 0.3) is 0 Å². The van der Waals surface area contributed by atoms with Crippen molar-refractivity contribution in [2.45, 2.75) is 18.6 Å². The molecule has 1 N–H and O–H groups in total. The maximum atomic E-state index is 13.1. The number of amides is 1. The van der Waals surface area contributed by atoms with E-state index in [1.54, 1.807) is 30.3 Å². The highest BCUT2D eigenvalue weighted by molar-refractivity contribution is 6.30. The molecular formula is C16H13ClF3NO. The van der Waals surface area contributed by atoms with Crippen molar-refractivity contribution in [3.05, 3.63) is 70.7 Å². The normalized spacial score (nSPS) is 12.7. The first-order chi connectivity index (χ1) is 10.4. The number of hydrogen-bond acceptors (Lipinski definition) is 1. The maximum Gasteiger partial charge on any atom is 0.408 e. The third-order valence-corrected chi connectivity index (χ3v) is 3.34. The highest BCUT2D eigenvalue weighted by Gasteiger charge is 2.40. The van der Waals surface area contributed by atoms with Gasteiger partial charge in [-0.2, -0.15) is 13.2 Å². The fourth-order valence-corrected chi connectivity index (χ4v) is 2.07. The second-order valence-electron chi connectivity index (χ2n) is 4.76. The number of carbonyl (C=O) groups excluding carboxylic acids is 1. The minimum absolute atomic E-state index is 0.131. The largest absolute Gasteiger partial charge is 0.408 e. The van der Waals surface area contributed by atoms with Crippen LogP contribution in [0.5, 0.6) is 0 Å². The van der Waals surface area contributed by atoms with Gasteiger partial charge in [0.2, 0.25) is 0 Å². The Kier molecular flexibility index (Phi) is 5.08. The van der Waals surface area contributed by atoms with Crippen molar-refractivity contribution >= 4 is 17.5 Å². The summed E-state index contributed by atoms with van der Waals surface area (Å²) in [6, 6.07) is 11.9. The van der Waals surface area contributed by atoms with Crippen LogP contribution < -0.4 is 5.32 Å². The monoisotopic (exact) mass is 327 g/mol. The molecule has 2 rings (SSSR count). The topological polar surface area (TPSA) is 29.1 Å². The molecule has 0 spiro atoms. The van der Waals surface area contributed by atoms with Crippen molar-refractivity contribution < 1.29 is 18.0 Å². The summed E-state index contributed by atoms with van der Waals surface area (Å²) in [5.41, 5.74) is 0.632. The lowest BCUT2D eigenvalue weighted by Gasteiger charge is -2.22. The summed E-state index contributed by atoms with van der Waals surface area (Å²) in [6.07, 6.45) is -4.85. The zero-order valence-corrected chi connectivity index (χ0v) is 12.2. The van der Waals surface area contributed by atoms with Crippen molar-refractivity contribution in [2.24, 2.45) is 0 Å². The molecule has 6 heteroatoms. The van der Waals surface area contributed by atoms with Crippen LogP contribution in [0.4, 0.5) is 13.2 Å². The highest BCUT2D eigenvalue weighted by Crippen LogP contribution is 2.23. The molecule has 22 heavy (non-hydrogen) atoms. The quantitative estimate of drug-likeness (QED) is 0.894. The van der Waals surface area contributed by atoms with E-state index in [-0.39, 0.29) is 12.0 Å². The predicted molar refractivity (Wildman–Crippen MR) is 78.9 cm³/mol. The van der Waals surface area contributed by atoms with Gasteiger partial charge in [-0.1, -0.05) is 41.9 Å². The van der Waals surface area contributed by atoms with Gasteiger partial charge < -0.3 is 5.32 Å². The van der Waals surface area contributed by atoms with E-state index in [1.807, 2.05) is 5.32 Å². The summed E-state index contributed by atoms with van der Waals surface area (Å²) in [6.45, 7) is 0. The van der Waals surface area contributed by atoms with Gasteiger partial charge in [0.1, 0.15) is 6.04 Å². The summed E-state index contributed by atoms with van der Waals surface area (Å²) in [5.74, 6) is -0.782. The van der Waals surface area contributed by atoms with Crippen LogP contribution >= 0.6 is 11.6 Å². The number of halogens is 4. The first-order valence-corrected chi connectivity index (χ1v) is 6.91. The van der Waals surface area contributed by atoms with E-state index < -0.39 is 18.1 Å². The Morgan fingerprint density at radius 3 is 2.18 bits per heavy atom. The predicted octanol–water partition coefficient (Wildman–Crippen LogP) is 4.24. The number of nitrogens with one attached hydrogen (secondary N) is 1. The Labute approximate surface area is 130 Å². The second kappa shape index (κ2) is 6.83. The molecule has 0 heterocycles. The van der Waals surface area contributed by atoms with Crippen molar-refractivity contribution in [3.63, 3.8) is 0 Å². The van der Waals surface area contributed by atoms with Gasteiger partial charge in [0.05, 0.1) is 0 Å². The molecule has 0 aromatic heterocycles. The third-order valence-electron chi connectivity index (χ3n) is 3.09. The van der Waals surface area contributed by atoms with Gasteiger partial charge in [-0.3, -0.25) is 4.79 Å². The van der Waals surface area contributed by atoms with Crippen molar-refractivity contribution in [2.75, 3.05) is 0 Å². The van der Waals surface area contributed by atoms with Gasteiger partial charge in [0.25, 0.3) is 5.91 Å². The average molecular weight is 328 g/mol. The standard InChI is InChI=1S/C16H13ClF3NO/c17-13-8-6-12(7-9-13)15(22)21-14(16(18,19)20)10-11-4-2-1-3-5-11/h1-9,14H,10H2,(H,21,22). The van der Waals surface area contributed by atoms with Gasteiger partial charge >= 0.3 is 6.18 Å². The second-order valence-corrected chi connectivity index (χ2v) is 5.20. The first kappa shape index (κ1) is 16.4. The van der Waals surface area contributed by atoms with Gasteiger partial charge in [-0.15, -0.1) is 0 Å².